The van der Waals surface area contributed by atoms with Gasteiger partial charge in [0.2, 0.25) is 0 Å². The van der Waals surface area contributed by atoms with E-state index in [1.54, 1.807) is 10.9 Å². The van der Waals surface area contributed by atoms with Gasteiger partial charge in [0.25, 0.3) is 0 Å². The fraction of sp³-hybridized carbons (Fsp3) is 0.571. The minimum Gasteiger partial charge on any atom is -0.464 e. The van der Waals surface area contributed by atoms with Crippen molar-refractivity contribution in [1.82, 2.24) is 24.8 Å². The Balaban J connectivity index is 1.66. The predicted octanol–water partition coefficient (Wildman–Crippen LogP) is 1.81. The average molecular weight is 289 g/mol. The first-order valence-corrected chi connectivity index (χ1v) is 7.29. The Morgan fingerprint density at radius 1 is 1.38 bits per heavy atom. The quantitative estimate of drug-likeness (QED) is 0.802. The second-order valence-corrected chi connectivity index (χ2v) is 5.37. The molecule has 1 aliphatic carbocycles. The van der Waals surface area contributed by atoms with Crippen LogP contribution in [0.15, 0.2) is 18.5 Å². The van der Waals surface area contributed by atoms with Gasteiger partial charge in [0.05, 0.1) is 31.6 Å². The van der Waals surface area contributed by atoms with E-state index in [1.807, 2.05) is 12.3 Å². The molecule has 0 radical (unpaired) electrons. The Hall–Kier alpha value is -2.18. The van der Waals surface area contributed by atoms with E-state index in [4.69, 9.17) is 0 Å². The summed E-state index contributed by atoms with van der Waals surface area (Å²) < 4.78 is 8.27. The minimum absolute atomic E-state index is 0.212. The van der Waals surface area contributed by atoms with Crippen LogP contribution in [0, 0.1) is 0 Å². The molecule has 7 nitrogen and oxygen atoms in total. The van der Waals surface area contributed by atoms with Crippen molar-refractivity contribution in [2.75, 3.05) is 7.11 Å². The van der Waals surface area contributed by atoms with Crippen LogP contribution in [-0.4, -0.2) is 37.9 Å². The summed E-state index contributed by atoms with van der Waals surface area (Å²) in [6.45, 7) is 0.504. The van der Waals surface area contributed by atoms with E-state index in [1.165, 1.54) is 39.2 Å². The minimum atomic E-state index is -0.478. The molecule has 0 unspecified atom stereocenters. The normalized spacial score (nSPS) is 16.0. The molecule has 2 aromatic heterocycles. The van der Waals surface area contributed by atoms with Gasteiger partial charge in [0.15, 0.2) is 5.69 Å². The van der Waals surface area contributed by atoms with E-state index in [0.29, 0.717) is 12.6 Å². The van der Waals surface area contributed by atoms with Gasteiger partial charge in [0.1, 0.15) is 0 Å². The van der Waals surface area contributed by atoms with Crippen LogP contribution in [0.5, 0.6) is 0 Å². The maximum absolute atomic E-state index is 11.3. The number of carbonyl (C=O) groups is 1. The molecule has 112 valence electrons. The van der Waals surface area contributed by atoms with Crippen molar-refractivity contribution in [3.8, 4) is 0 Å². The summed E-state index contributed by atoms with van der Waals surface area (Å²) in [5, 5.41) is 12.3. The molecule has 0 N–H and O–H groups in total. The van der Waals surface area contributed by atoms with Crippen LogP contribution in [0.25, 0.3) is 0 Å². The Morgan fingerprint density at radius 3 is 2.95 bits per heavy atom. The highest BCUT2D eigenvalue weighted by atomic mass is 16.5. The zero-order valence-corrected chi connectivity index (χ0v) is 12.1. The largest absolute Gasteiger partial charge is 0.464 e. The van der Waals surface area contributed by atoms with E-state index >= 15 is 0 Å². The van der Waals surface area contributed by atoms with Crippen LogP contribution < -0.4 is 0 Å². The average Bonchev–Trinajstić information content (AvgIpc) is 3.17. The van der Waals surface area contributed by atoms with E-state index in [2.05, 4.69) is 24.8 Å². The molecule has 1 fully saturated rings. The molecular weight excluding hydrogens is 270 g/mol. The number of rotatable bonds is 4. The predicted molar refractivity (Wildman–Crippen MR) is 74.8 cm³/mol. The van der Waals surface area contributed by atoms with Crippen LogP contribution in [0.1, 0.15) is 54.3 Å². The molecule has 0 atom stereocenters. The van der Waals surface area contributed by atoms with Crippen molar-refractivity contribution in [3.63, 3.8) is 0 Å². The SMILES string of the molecule is COC(=O)c1cn(Cc2ccn(C3CCCCC3)n2)nn1. The third kappa shape index (κ3) is 3.12. The second-order valence-electron chi connectivity index (χ2n) is 5.37. The number of nitrogens with zero attached hydrogens (tertiary/aromatic N) is 5. The molecule has 1 saturated carbocycles. The summed E-state index contributed by atoms with van der Waals surface area (Å²) in [5.41, 5.74) is 1.13. The summed E-state index contributed by atoms with van der Waals surface area (Å²) in [5.74, 6) is -0.478. The van der Waals surface area contributed by atoms with Crippen molar-refractivity contribution >= 4 is 5.97 Å². The van der Waals surface area contributed by atoms with Crippen LogP contribution in [0.2, 0.25) is 0 Å². The summed E-state index contributed by atoms with van der Waals surface area (Å²) in [7, 11) is 1.33. The van der Waals surface area contributed by atoms with E-state index in [0.717, 1.165) is 5.69 Å². The lowest BCUT2D eigenvalue weighted by Gasteiger charge is -2.21. The summed E-state index contributed by atoms with van der Waals surface area (Å²) >= 11 is 0. The number of methoxy groups -OCH3 is 1. The standard InChI is InChI=1S/C14H19N5O2/c1-21-14(20)13-10-18(17-15-13)9-11-7-8-19(16-11)12-5-3-2-4-6-12/h7-8,10,12H,2-6,9H2,1H3. The Kier molecular flexibility index (Phi) is 3.98. The van der Waals surface area contributed by atoms with Gasteiger partial charge in [-0.1, -0.05) is 24.5 Å². The van der Waals surface area contributed by atoms with Gasteiger partial charge in [-0.05, 0) is 18.9 Å². The highest BCUT2D eigenvalue weighted by Crippen LogP contribution is 2.27. The van der Waals surface area contributed by atoms with Crippen molar-refractivity contribution < 1.29 is 9.53 Å². The molecule has 2 aromatic rings. The molecule has 3 rings (SSSR count). The molecule has 1 aliphatic rings. The topological polar surface area (TPSA) is 74.8 Å². The first kappa shape index (κ1) is 13.8. The lowest BCUT2D eigenvalue weighted by atomic mass is 9.96. The van der Waals surface area contributed by atoms with Crippen molar-refractivity contribution in [2.45, 2.75) is 44.7 Å². The van der Waals surface area contributed by atoms with Gasteiger partial charge in [-0.25, -0.2) is 9.48 Å². The van der Waals surface area contributed by atoms with Crippen LogP contribution in [0.3, 0.4) is 0 Å². The first-order valence-electron chi connectivity index (χ1n) is 7.29. The van der Waals surface area contributed by atoms with Gasteiger partial charge < -0.3 is 4.74 Å². The third-order valence-electron chi connectivity index (χ3n) is 3.87. The first-order chi connectivity index (χ1) is 10.3. The van der Waals surface area contributed by atoms with E-state index < -0.39 is 5.97 Å². The number of ether oxygens (including phenoxy) is 1. The van der Waals surface area contributed by atoms with Gasteiger partial charge >= 0.3 is 5.97 Å². The zero-order valence-electron chi connectivity index (χ0n) is 12.1. The maximum atomic E-state index is 11.3. The number of carbonyl (C=O) groups excluding carboxylic acids is 1. The highest BCUT2D eigenvalue weighted by molar-refractivity contribution is 5.86. The molecule has 21 heavy (non-hydrogen) atoms. The number of hydrogen-bond acceptors (Lipinski definition) is 5. The monoisotopic (exact) mass is 289 g/mol. The smallest absolute Gasteiger partial charge is 0.360 e. The summed E-state index contributed by atoms with van der Waals surface area (Å²) in [6, 6.07) is 2.52. The molecule has 0 spiro atoms. The molecule has 0 aliphatic heterocycles. The molecule has 0 bridgehead atoms. The van der Waals surface area contributed by atoms with Crippen LogP contribution >= 0.6 is 0 Å². The molecule has 7 heteroatoms. The van der Waals surface area contributed by atoms with Gasteiger partial charge in [-0.3, -0.25) is 4.68 Å². The van der Waals surface area contributed by atoms with Crippen LogP contribution in [-0.2, 0) is 11.3 Å². The number of hydrogen-bond donors (Lipinski definition) is 0. The van der Waals surface area contributed by atoms with Crippen molar-refractivity contribution in [2.24, 2.45) is 0 Å². The van der Waals surface area contributed by atoms with E-state index in [9.17, 15) is 4.79 Å². The van der Waals surface area contributed by atoms with E-state index in [-0.39, 0.29) is 5.69 Å². The second kappa shape index (κ2) is 6.07. The molecule has 2 heterocycles. The fourth-order valence-corrected chi connectivity index (χ4v) is 2.75. The maximum Gasteiger partial charge on any atom is 0.360 e. The number of esters is 1. The zero-order chi connectivity index (χ0) is 14.7. The molecule has 0 amide bonds. The Morgan fingerprint density at radius 2 is 2.19 bits per heavy atom. The third-order valence-corrected chi connectivity index (χ3v) is 3.87. The van der Waals surface area contributed by atoms with Crippen molar-refractivity contribution in [3.05, 3.63) is 29.8 Å². The fourth-order valence-electron chi connectivity index (χ4n) is 2.75. The molecular formula is C14H19N5O2. The highest BCUT2D eigenvalue weighted by Gasteiger charge is 2.16. The Labute approximate surface area is 122 Å². The summed E-state index contributed by atoms with van der Waals surface area (Å²) in [6.07, 6.45) is 9.92. The lowest BCUT2D eigenvalue weighted by Crippen LogP contribution is -2.13. The molecule has 0 saturated heterocycles. The van der Waals surface area contributed by atoms with Crippen LogP contribution in [0.4, 0.5) is 0 Å². The number of aromatic nitrogens is 5. The van der Waals surface area contributed by atoms with Gasteiger partial charge in [-0.15, -0.1) is 5.10 Å². The van der Waals surface area contributed by atoms with Gasteiger partial charge in [0, 0.05) is 6.20 Å². The van der Waals surface area contributed by atoms with Crippen molar-refractivity contribution in [1.29, 1.82) is 0 Å². The summed E-state index contributed by atoms with van der Waals surface area (Å²) in [4.78, 5) is 11.3. The Bertz CT molecular complexity index is 612. The molecule has 0 aromatic carbocycles. The lowest BCUT2D eigenvalue weighted by molar-refractivity contribution is 0.0594. The van der Waals surface area contributed by atoms with Gasteiger partial charge in [-0.2, -0.15) is 5.10 Å².